The summed E-state index contributed by atoms with van der Waals surface area (Å²) in [7, 11) is 0. The molecule has 34 heavy (non-hydrogen) atoms. The Kier molecular flexibility index (Phi) is 5.55. The van der Waals surface area contributed by atoms with Crippen molar-refractivity contribution < 1.29 is 23.9 Å². The Labute approximate surface area is 198 Å². The van der Waals surface area contributed by atoms with Gasteiger partial charge in [0, 0.05) is 18.7 Å². The number of hydrogen-bond donors (Lipinski definition) is 0. The van der Waals surface area contributed by atoms with E-state index in [0.717, 1.165) is 16.8 Å². The van der Waals surface area contributed by atoms with Crippen LogP contribution in [0.5, 0.6) is 5.75 Å². The number of nitrogens with zero attached hydrogens (tertiary/aromatic N) is 2. The van der Waals surface area contributed by atoms with Gasteiger partial charge in [-0.2, -0.15) is 0 Å². The molecule has 2 aromatic carbocycles. The van der Waals surface area contributed by atoms with E-state index in [1.54, 1.807) is 29.2 Å². The van der Waals surface area contributed by atoms with E-state index >= 15 is 0 Å². The number of esters is 1. The smallest absolute Gasteiger partial charge is 0.316 e. The van der Waals surface area contributed by atoms with E-state index in [0.29, 0.717) is 24.3 Å². The largest absolute Gasteiger partial charge is 0.426 e. The van der Waals surface area contributed by atoms with E-state index in [2.05, 4.69) is 0 Å². The maximum atomic E-state index is 12.8. The summed E-state index contributed by atoms with van der Waals surface area (Å²) in [5.74, 6) is -1.79. The second kappa shape index (κ2) is 8.56. The van der Waals surface area contributed by atoms with Gasteiger partial charge >= 0.3 is 5.97 Å². The van der Waals surface area contributed by atoms with Crippen molar-refractivity contribution in [1.82, 2.24) is 0 Å². The van der Waals surface area contributed by atoms with Gasteiger partial charge in [-0.05, 0) is 68.1 Å². The molecule has 0 radical (unpaired) electrons. The fourth-order valence-electron chi connectivity index (χ4n) is 5.04. The second-order valence-corrected chi connectivity index (χ2v) is 9.21. The predicted octanol–water partition coefficient (Wildman–Crippen LogP) is 3.72. The van der Waals surface area contributed by atoms with Gasteiger partial charge in [0.15, 0.2) is 0 Å². The molecule has 2 aliphatic heterocycles. The van der Waals surface area contributed by atoms with Crippen LogP contribution in [0.25, 0.3) is 0 Å². The lowest BCUT2D eigenvalue weighted by Crippen LogP contribution is -2.30. The molecule has 0 aromatic heterocycles. The number of ether oxygens (including phenoxy) is 1. The molecule has 5 rings (SSSR count). The van der Waals surface area contributed by atoms with E-state index < -0.39 is 11.9 Å². The number of carbonyl (C=O) groups excluding carboxylic acids is 4. The summed E-state index contributed by atoms with van der Waals surface area (Å²) in [6, 6.07) is 12.2. The normalized spacial score (nSPS) is 24.1. The van der Waals surface area contributed by atoms with Crippen LogP contribution in [0, 0.1) is 31.6 Å². The lowest BCUT2D eigenvalue weighted by atomic mass is 9.85. The molecule has 0 unspecified atom stereocenters. The maximum Gasteiger partial charge on any atom is 0.316 e. The van der Waals surface area contributed by atoms with Crippen molar-refractivity contribution in [2.45, 2.75) is 33.1 Å². The zero-order chi connectivity index (χ0) is 24.0. The first kappa shape index (κ1) is 22.1. The standard InChI is InChI=1S/C27H26N2O5/c1-16-6-5-9-23(17(16)2)28-15-18(14-24(28)30)27(33)34-20-12-10-19(11-13-20)29-25(31)21-7-3-4-8-22(21)26(29)32/h3-6,9-13,18,21-22H,7-8,14-15H2,1-2H3/t18-,21-,22+/m0/s1. The van der Waals surface area contributed by atoms with Crippen molar-refractivity contribution in [3.8, 4) is 5.75 Å². The highest BCUT2D eigenvalue weighted by Gasteiger charge is 2.47. The van der Waals surface area contributed by atoms with E-state index in [1.165, 1.54) is 4.90 Å². The van der Waals surface area contributed by atoms with Gasteiger partial charge in [0.25, 0.3) is 0 Å². The SMILES string of the molecule is Cc1cccc(N2C[C@@H](C(=O)Oc3ccc(N4C(=O)[C@H]5CC=CC[C@H]5C4=O)cc3)CC2=O)c1C. The minimum Gasteiger partial charge on any atom is -0.426 e. The lowest BCUT2D eigenvalue weighted by molar-refractivity contribution is -0.139. The molecule has 0 saturated carbocycles. The molecular formula is C27H26N2O5. The van der Waals surface area contributed by atoms with E-state index in [1.807, 2.05) is 44.2 Å². The van der Waals surface area contributed by atoms with Crippen molar-refractivity contribution >= 4 is 35.1 Å². The highest BCUT2D eigenvalue weighted by molar-refractivity contribution is 6.22. The molecule has 2 aromatic rings. The molecule has 3 atom stereocenters. The summed E-state index contributed by atoms with van der Waals surface area (Å²) in [4.78, 5) is 53.8. The molecular weight excluding hydrogens is 432 g/mol. The fourth-order valence-corrected chi connectivity index (χ4v) is 5.04. The van der Waals surface area contributed by atoms with Gasteiger partial charge in [-0.1, -0.05) is 24.3 Å². The molecule has 0 N–H and O–H groups in total. The molecule has 0 bridgehead atoms. The third-order valence-corrected chi connectivity index (χ3v) is 7.15. The van der Waals surface area contributed by atoms with Crippen molar-refractivity contribution in [3.05, 3.63) is 65.7 Å². The number of imide groups is 1. The van der Waals surface area contributed by atoms with Gasteiger partial charge < -0.3 is 9.64 Å². The summed E-state index contributed by atoms with van der Waals surface area (Å²) in [5.41, 5.74) is 3.39. The van der Waals surface area contributed by atoms with Crippen LogP contribution in [-0.2, 0) is 19.2 Å². The van der Waals surface area contributed by atoms with Gasteiger partial charge in [0.1, 0.15) is 5.75 Å². The molecule has 7 nitrogen and oxygen atoms in total. The van der Waals surface area contributed by atoms with Crippen molar-refractivity contribution in [1.29, 1.82) is 0 Å². The Bertz CT molecular complexity index is 1190. The van der Waals surface area contributed by atoms with Crippen molar-refractivity contribution in [3.63, 3.8) is 0 Å². The molecule has 0 spiro atoms. The minimum atomic E-state index is -0.565. The third-order valence-electron chi connectivity index (χ3n) is 7.15. The van der Waals surface area contributed by atoms with Crippen LogP contribution in [0.3, 0.4) is 0 Å². The van der Waals surface area contributed by atoms with E-state index in [4.69, 9.17) is 4.74 Å². The molecule has 7 heteroatoms. The Morgan fingerprint density at radius 3 is 2.21 bits per heavy atom. The number of hydrogen-bond acceptors (Lipinski definition) is 5. The van der Waals surface area contributed by atoms with Crippen LogP contribution in [0.2, 0.25) is 0 Å². The number of aryl methyl sites for hydroxylation is 1. The first-order valence-corrected chi connectivity index (χ1v) is 11.6. The average molecular weight is 459 g/mol. The Morgan fingerprint density at radius 1 is 0.912 bits per heavy atom. The average Bonchev–Trinajstić information content (AvgIpc) is 3.34. The van der Waals surface area contributed by atoms with Gasteiger partial charge in [-0.25, -0.2) is 0 Å². The van der Waals surface area contributed by atoms with Crippen molar-refractivity contribution in [2.24, 2.45) is 17.8 Å². The van der Waals surface area contributed by atoms with E-state index in [-0.39, 0.29) is 42.5 Å². The highest BCUT2D eigenvalue weighted by atomic mass is 16.5. The molecule has 2 saturated heterocycles. The quantitative estimate of drug-likeness (QED) is 0.302. The Hall–Kier alpha value is -3.74. The van der Waals surface area contributed by atoms with Crippen LogP contribution in [0.15, 0.2) is 54.6 Å². The topological polar surface area (TPSA) is 84.0 Å². The van der Waals surface area contributed by atoms with Crippen molar-refractivity contribution in [2.75, 3.05) is 16.3 Å². The van der Waals surface area contributed by atoms with Crippen LogP contribution in [-0.4, -0.2) is 30.2 Å². The maximum absolute atomic E-state index is 12.8. The van der Waals surface area contributed by atoms with Gasteiger partial charge in [0.2, 0.25) is 17.7 Å². The predicted molar refractivity (Wildman–Crippen MR) is 126 cm³/mol. The van der Waals surface area contributed by atoms with Crippen LogP contribution in [0.1, 0.15) is 30.4 Å². The number of rotatable bonds is 4. The number of benzene rings is 2. The number of anilines is 2. The zero-order valence-corrected chi connectivity index (χ0v) is 19.2. The summed E-state index contributed by atoms with van der Waals surface area (Å²) >= 11 is 0. The Morgan fingerprint density at radius 2 is 1.56 bits per heavy atom. The summed E-state index contributed by atoms with van der Waals surface area (Å²) in [6.07, 6.45) is 5.17. The minimum absolute atomic E-state index is 0.0951. The van der Waals surface area contributed by atoms with Gasteiger partial charge in [-0.3, -0.25) is 24.1 Å². The summed E-state index contributed by atoms with van der Waals surface area (Å²) in [5, 5.41) is 0. The van der Waals surface area contributed by atoms with Crippen LogP contribution in [0.4, 0.5) is 11.4 Å². The van der Waals surface area contributed by atoms with Crippen LogP contribution >= 0.6 is 0 Å². The molecule has 174 valence electrons. The first-order chi connectivity index (χ1) is 16.3. The number of fused-ring (bicyclic) bond motifs is 1. The highest BCUT2D eigenvalue weighted by Crippen LogP contribution is 2.38. The monoisotopic (exact) mass is 458 g/mol. The molecule has 2 heterocycles. The molecule has 3 aliphatic rings. The van der Waals surface area contributed by atoms with Crippen LogP contribution < -0.4 is 14.5 Å². The number of amides is 3. The second-order valence-electron chi connectivity index (χ2n) is 9.21. The number of carbonyl (C=O) groups is 4. The first-order valence-electron chi connectivity index (χ1n) is 11.6. The van der Waals surface area contributed by atoms with E-state index in [9.17, 15) is 19.2 Å². The fraction of sp³-hybridized carbons (Fsp3) is 0.333. The number of allylic oxidation sites excluding steroid dienone is 2. The summed E-state index contributed by atoms with van der Waals surface area (Å²) in [6.45, 7) is 4.23. The Balaban J connectivity index is 1.25. The molecule has 2 fully saturated rings. The van der Waals surface area contributed by atoms with Gasteiger partial charge in [-0.15, -0.1) is 0 Å². The third kappa shape index (κ3) is 3.71. The molecule has 1 aliphatic carbocycles. The zero-order valence-electron chi connectivity index (χ0n) is 19.2. The van der Waals surface area contributed by atoms with Gasteiger partial charge in [0.05, 0.1) is 23.4 Å². The lowest BCUT2D eigenvalue weighted by Gasteiger charge is -2.20. The molecule has 3 amide bonds. The summed E-state index contributed by atoms with van der Waals surface area (Å²) < 4.78 is 5.53.